The van der Waals surface area contributed by atoms with Crippen LogP contribution in [0.1, 0.15) is 36.5 Å². The molecule has 0 aliphatic rings. The second kappa shape index (κ2) is 7.14. The molecule has 0 heterocycles. The Kier molecular flexibility index (Phi) is 5.23. The fourth-order valence-corrected chi connectivity index (χ4v) is 2.33. The SMILES string of the molecule is COc1ccc(COc2ccccc2C(C)C)cc1CN. The lowest BCUT2D eigenvalue weighted by Gasteiger charge is -2.15. The molecule has 2 aromatic rings. The van der Waals surface area contributed by atoms with Crippen molar-refractivity contribution in [2.75, 3.05) is 7.11 Å². The minimum absolute atomic E-state index is 0.441. The number of rotatable bonds is 6. The first kappa shape index (κ1) is 15.4. The van der Waals surface area contributed by atoms with E-state index < -0.39 is 0 Å². The van der Waals surface area contributed by atoms with Gasteiger partial charge in [0.2, 0.25) is 0 Å². The fraction of sp³-hybridized carbons (Fsp3) is 0.333. The molecule has 0 saturated heterocycles. The average molecular weight is 285 g/mol. The lowest BCUT2D eigenvalue weighted by Crippen LogP contribution is -2.03. The topological polar surface area (TPSA) is 44.5 Å². The van der Waals surface area contributed by atoms with Crippen molar-refractivity contribution in [2.45, 2.75) is 32.9 Å². The summed E-state index contributed by atoms with van der Waals surface area (Å²) in [6.45, 7) is 5.32. The van der Waals surface area contributed by atoms with Crippen LogP contribution in [0.2, 0.25) is 0 Å². The highest BCUT2D eigenvalue weighted by atomic mass is 16.5. The summed E-state index contributed by atoms with van der Waals surface area (Å²) < 4.78 is 11.3. The third kappa shape index (κ3) is 3.76. The van der Waals surface area contributed by atoms with E-state index in [1.54, 1.807) is 7.11 Å². The maximum atomic E-state index is 5.98. The fourth-order valence-electron chi connectivity index (χ4n) is 2.33. The van der Waals surface area contributed by atoms with Crippen molar-refractivity contribution in [3.05, 3.63) is 59.2 Å². The maximum absolute atomic E-state index is 5.98. The smallest absolute Gasteiger partial charge is 0.123 e. The van der Waals surface area contributed by atoms with Crippen LogP contribution >= 0.6 is 0 Å². The molecule has 0 unspecified atom stereocenters. The number of benzene rings is 2. The summed E-state index contributed by atoms with van der Waals surface area (Å²) in [5.74, 6) is 2.21. The second-order valence-electron chi connectivity index (χ2n) is 5.33. The van der Waals surface area contributed by atoms with E-state index in [0.717, 1.165) is 22.6 Å². The molecule has 21 heavy (non-hydrogen) atoms. The van der Waals surface area contributed by atoms with Crippen molar-refractivity contribution in [1.29, 1.82) is 0 Å². The molecule has 0 aliphatic heterocycles. The summed E-state index contributed by atoms with van der Waals surface area (Å²) in [4.78, 5) is 0. The molecule has 0 atom stereocenters. The van der Waals surface area contributed by atoms with Crippen molar-refractivity contribution in [3.8, 4) is 11.5 Å². The first-order valence-electron chi connectivity index (χ1n) is 7.23. The number of hydrogen-bond acceptors (Lipinski definition) is 3. The summed E-state index contributed by atoms with van der Waals surface area (Å²) in [5, 5.41) is 0. The van der Waals surface area contributed by atoms with E-state index in [9.17, 15) is 0 Å². The van der Waals surface area contributed by atoms with E-state index in [0.29, 0.717) is 19.1 Å². The molecule has 3 heteroatoms. The van der Waals surface area contributed by atoms with Gasteiger partial charge in [-0.3, -0.25) is 0 Å². The molecule has 0 bridgehead atoms. The van der Waals surface area contributed by atoms with E-state index in [4.69, 9.17) is 15.2 Å². The minimum atomic E-state index is 0.441. The van der Waals surface area contributed by atoms with Gasteiger partial charge >= 0.3 is 0 Å². The highest BCUT2D eigenvalue weighted by Crippen LogP contribution is 2.27. The van der Waals surface area contributed by atoms with Crippen LogP contribution in [0.15, 0.2) is 42.5 Å². The Morgan fingerprint density at radius 2 is 1.81 bits per heavy atom. The molecular weight excluding hydrogens is 262 g/mol. The molecule has 2 N–H and O–H groups in total. The third-order valence-corrected chi connectivity index (χ3v) is 3.50. The zero-order valence-electron chi connectivity index (χ0n) is 12.9. The molecule has 0 saturated carbocycles. The Hall–Kier alpha value is -2.00. The Bertz CT molecular complexity index is 594. The number of ether oxygens (including phenoxy) is 2. The van der Waals surface area contributed by atoms with Crippen LogP contribution in [0.5, 0.6) is 11.5 Å². The minimum Gasteiger partial charge on any atom is -0.496 e. The van der Waals surface area contributed by atoms with E-state index in [1.165, 1.54) is 5.56 Å². The van der Waals surface area contributed by atoms with E-state index >= 15 is 0 Å². The molecule has 2 aromatic carbocycles. The van der Waals surface area contributed by atoms with Crippen LogP contribution in [-0.4, -0.2) is 7.11 Å². The summed E-state index contributed by atoms with van der Waals surface area (Å²) in [6, 6.07) is 14.2. The summed E-state index contributed by atoms with van der Waals surface area (Å²) in [5.41, 5.74) is 9.06. The highest BCUT2D eigenvalue weighted by molar-refractivity contribution is 5.38. The van der Waals surface area contributed by atoms with Gasteiger partial charge in [-0.2, -0.15) is 0 Å². The lowest BCUT2D eigenvalue weighted by atomic mass is 10.0. The Morgan fingerprint density at radius 3 is 2.48 bits per heavy atom. The molecule has 0 amide bonds. The van der Waals surface area contributed by atoms with Crippen molar-refractivity contribution in [3.63, 3.8) is 0 Å². The maximum Gasteiger partial charge on any atom is 0.123 e. The van der Waals surface area contributed by atoms with Gasteiger partial charge < -0.3 is 15.2 Å². The van der Waals surface area contributed by atoms with Gasteiger partial charge in [-0.1, -0.05) is 38.1 Å². The quantitative estimate of drug-likeness (QED) is 0.876. The van der Waals surface area contributed by atoms with Gasteiger partial charge in [0.15, 0.2) is 0 Å². The molecular formula is C18H23NO2. The van der Waals surface area contributed by atoms with E-state index in [2.05, 4.69) is 19.9 Å². The molecule has 0 aliphatic carbocycles. The van der Waals surface area contributed by atoms with Crippen LogP contribution in [0.25, 0.3) is 0 Å². The van der Waals surface area contributed by atoms with Gasteiger partial charge in [0.1, 0.15) is 18.1 Å². The van der Waals surface area contributed by atoms with Crippen LogP contribution in [-0.2, 0) is 13.2 Å². The highest BCUT2D eigenvalue weighted by Gasteiger charge is 2.08. The summed E-state index contributed by atoms with van der Waals surface area (Å²) in [6.07, 6.45) is 0. The number of nitrogens with two attached hydrogens (primary N) is 1. The molecule has 0 spiro atoms. The molecule has 112 valence electrons. The monoisotopic (exact) mass is 285 g/mol. The van der Waals surface area contributed by atoms with Crippen molar-refractivity contribution >= 4 is 0 Å². The van der Waals surface area contributed by atoms with Crippen molar-refractivity contribution < 1.29 is 9.47 Å². The van der Waals surface area contributed by atoms with Crippen LogP contribution < -0.4 is 15.2 Å². The average Bonchev–Trinajstić information content (AvgIpc) is 2.52. The first-order chi connectivity index (χ1) is 10.2. The number of para-hydroxylation sites is 1. The predicted molar refractivity (Wildman–Crippen MR) is 85.7 cm³/mol. The van der Waals surface area contributed by atoms with Gasteiger partial charge in [-0.05, 0) is 35.2 Å². The zero-order chi connectivity index (χ0) is 15.2. The van der Waals surface area contributed by atoms with E-state index in [1.807, 2.05) is 36.4 Å². The third-order valence-electron chi connectivity index (χ3n) is 3.50. The Morgan fingerprint density at radius 1 is 1.05 bits per heavy atom. The Balaban J connectivity index is 2.13. The van der Waals surface area contributed by atoms with Gasteiger partial charge in [0, 0.05) is 12.1 Å². The molecule has 0 aromatic heterocycles. The molecule has 3 nitrogen and oxygen atoms in total. The predicted octanol–water partition coefficient (Wildman–Crippen LogP) is 3.86. The van der Waals surface area contributed by atoms with Gasteiger partial charge in [0.05, 0.1) is 7.11 Å². The second-order valence-corrected chi connectivity index (χ2v) is 5.33. The Labute approximate surface area is 126 Å². The molecule has 0 fully saturated rings. The molecule has 0 radical (unpaired) electrons. The number of methoxy groups -OCH3 is 1. The standard InChI is InChI=1S/C18H23NO2/c1-13(2)16-6-4-5-7-18(16)21-12-14-8-9-17(20-3)15(10-14)11-19/h4-10,13H,11-12,19H2,1-3H3. The lowest BCUT2D eigenvalue weighted by molar-refractivity contribution is 0.301. The largest absolute Gasteiger partial charge is 0.496 e. The van der Waals surface area contributed by atoms with Crippen LogP contribution in [0, 0.1) is 0 Å². The van der Waals surface area contributed by atoms with Crippen LogP contribution in [0.3, 0.4) is 0 Å². The normalized spacial score (nSPS) is 10.7. The molecule has 2 rings (SSSR count). The van der Waals surface area contributed by atoms with Gasteiger partial charge in [0.25, 0.3) is 0 Å². The van der Waals surface area contributed by atoms with Crippen molar-refractivity contribution in [2.24, 2.45) is 5.73 Å². The zero-order valence-corrected chi connectivity index (χ0v) is 12.9. The van der Waals surface area contributed by atoms with Gasteiger partial charge in [-0.25, -0.2) is 0 Å². The number of hydrogen-bond donors (Lipinski definition) is 1. The van der Waals surface area contributed by atoms with Gasteiger partial charge in [-0.15, -0.1) is 0 Å². The first-order valence-corrected chi connectivity index (χ1v) is 7.23. The van der Waals surface area contributed by atoms with Crippen molar-refractivity contribution in [1.82, 2.24) is 0 Å². The summed E-state index contributed by atoms with van der Waals surface area (Å²) in [7, 11) is 1.66. The summed E-state index contributed by atoms with van der Waals surface area (Å²) >= 11 is 0. The van der Waals surface area contributed by atoms with E-state index in [-0.39, 0.29) is 0 Å². The van der Waals surface area contributed by atoms with Crippen LogP contribution in [0.4, 0.5) is 0 Å².